The lowest BCUT2D eigenvalue weighted by Gasteiger charge is -2.15. The molecule has 0 saturated carbocycles. The predicted molar refractivity (Wildman–Crippen MR) is 108 cm³/mol. The maximum atomic E-state index is 9.66. The molecule has 1 heterocycles. The first kappa shape index (κ1) is 16.5. The molecule has 0 spiro atoms. The molecule has 0 bridgehead atoms. The van der Waals surface area contributed by atoms with Gasteiger partial charge in [0.15, 0.2) is 0 Å². The number of pyridine rings is 1. The van der Waals surface area contributed by atoms with Gasteiger partial charge in [-0.15, -0.1) is 0 Å². The molecule has 4 nitrogen and oxygen atoms in total. The monoisotopic (exact) mass is 343 g/mol. The molecule has 4 N–H and O–H groups in total. The van der Waals surface area contributed by atoms with Crippen LogP contribution >= 0.6 is 0 Å². The van der Waals surface area contributed by atoms with Gasteiger partial charge in [0, 0.05) is 22.0 Å². The number of nitrogens with zero attached hydrogens (tertiary/aromatic N) is 1. The number of para-hydroxylation sites is 1. The molecule has 0 fully saturated rings. The third-order valence-corrected chi connectivity index (χ3v) is 5.01. The summed E-state index contributed by atoms with van der Waals surface area (Å²) in [6.07, 6.45) is 0. The van der Waals surface area contributed by atoms with Crippen LogP contribution in [0, 0.1) is 13.8 Å². The number of aryl methyl sites for hydroxylation is 2. The maximum absolute atomic E-state index is 9.66. The smallest absolute Gasteiger partial charge is 0.0747 e. The van der Waals surface area contributed by atoms with Crippen LogP contribution in [0.5, 0.6) is 0 Å². The topological polar surface area (TPSA) is 71.2 Å². The Bertz CT molecular complexity index is 1110. The van der Waals surface area contributed by atoms with Crippen LogP contribution < -0.4 is 11.3 Å². The van der Waals surface area contributed by atoms with E-state index in [0.717, 1.165) is 44.2 Å². The first-order valence-electron chi connectivity index (χ1n) is 8.63. The second-order valence-electron chi connectivity index (χ2n) is 6.63. The summed E-state index contributed by atoms with van der Waals surface area (Å²) >= 11 is 0. The van der Waals surface area contributed by atoms with Crippen LogP contribution in [-0.4, -0.2) is 10.1 Å². The Hall–Kier alpha value is -2.95. The summed E-state index contributed by atoms with van der Waals surface area (Å²) in [5, 5.41) is 11.8. The van der Waals surface area contributed by atoms with E-state index in [1.807, 2.05) is 36.4 Å². The molecule has 0 saturated heterocycles. The van der Waals surface area contributed by atoms with Crippen LogP contribution in [0.1, 0.15) is 16.7 Å². The fourth-order valence-electron chi connectivity index (χ4n) is 3.52. The summed E-state index contributed by atoms with van der Waals surface area (Å²) in [4.78, 5) is 4.92. The zero-order chi connectivity index (χ0) is 18.3. The molecule has 130 valence electrons. The highest BCUT2D eigenvalue weighted by molar-refractivity contribution is 6.10. The van der Waals surface area contributed by atoms with Gasteiger partial charge in [0.05, 0.1) is 17.6 Å². The van der Waals surface area contributed by atoms with Gasteiger partial charge in [0.1, 0.15) is 0 Å². The number of aliphatic hydroxyl groups excluding tert-OH is 1. The third-order valence-electron chi connectivity index (χ3n) is 5.01. The number of benzene rings is 3. The van der Waals surface area contributed by atoms with Crippen molar-refractivity contribution in [3.05, 3.63) is 71.3 Å². The molecule has 0 atom stereocenters. The van der Waals surface area contributed by atoms with Crippen molar-refractivity contribution in [2.24, 2.45) is 5.84 Å². The van der Waals surface area contributed by atoms with Crippen molar-refractivity contribution in [2.75, 3.05) is 5.43 Å². The van der Waals surface area contributed by atoms with Crippen molar-refractivity contribution in [3.8, 4) is 11.1 Å². The first-order valence-corrected chi connectivity index (χ1v) is 8.63. The molecule has 4 aromatic rings. The van der Waals surface area contributed by atoms with Crippen molar-refractivity contribution in [1.82, 2.24) is 4.98 Å². The number of hydrazine groups is 1. The lowest BCUT2D eigenvalue weighted by Crippen LogP contribution is -2.07. The molecule has 0 aliphatic carbocycles. The second kappa shape index (κ2) is 6.41. The van der Waals surface area contributed by atoms with Crippen LogP contribution in [0.4, 0.5) is 5.69 Å². The van der Waals surface area contributed by atoms with Crippen molar-refractivity contribution >= 4 is 27.5 Å². The summed E-state index contributed by atoms with van der Waals surface area (Å²) in [5.74, 6) is 5.65. The van der Waals surface area contributed by atoms with Gasteiger partial charge in [-0.05, 0) is 60.4 Å². The Morgan fingerprint density at radius 1 is 1.00 bits per heavy atom. The normalized spacial score (nSPS) is 11.2. The Labute approximate surface area is 152 Å². The predicted octanol–water partition coefficient (Wildman–Crippen LogP) is 4.45. The Morgan fingerprint density at radius 2 is 1.81 bits per heavy atom. The molecule has 26 heavy (non-hydrogen) atoms. The van der Waals surface area contributed by atoms with E-state index in [9.17, 15) is 5.11 Å². The van der Waals surface area contributed by atoms with Crippen LogP contribution in [-0.2, 0) is 6.61 Å². The van der Waals surface area contributed by atoms with Gasteiger partial charge in [0.2, 0.25) is 0 Å². The van der Waals surface area contributed by atoms with E-state index in [1.54, 1.807) is 0 Å². The highest BCUT2D eigenvalue weighted by Gasteiger charge is 2.14. The summed E-state index contributed by atoms with van der Waals surface area (Å²) in [6.45, 7) is 4.18. The largest absolute Gasteiger partial charge is 0.392 e. The number of nitrogens with one attached hydrogen (secondary N) is 1. The Kier molecular flexibility index (Phi) is 4.07. The van der Waals surface area contributed by atoms with E-state index in [-0.39, 0.29) is 6.61 Å². The average molecular weight is 343 g/mol. The number of aromatic nitrogens is 1. The lowest BCUT2D eigenvalue weighted by molar-refractivity contribution is 0.282. The van der Waals surface area contributed by atoms with Crippen molar-refractivity contribution < 1.29 is 5.11 Å². The second-order valence-corrected chi connectivity index (χ2v) is 6.63. The minimum Gasteiger partial charge on any atom is -0.392 e. The summed E-state index contributed by atoms with van der Waals surface area (Å²) in [5.41, 5.74) is 10.8. The van der Waals surface area contributed by atoms with E-state index in [2.05, 4.69) is 37.5 Å². The maximum Gasteiger partial charge on any atom is 0.0747 e. The molecule has 0 aliphatic rings. The molecule has 0 aliphatic heterocycles. The van der Waals surface area contributed by atoms with Crippen LogP contribution in [0.25, 0.3) is 32.9 Å². The zero-order valence-electron chi connectivity index (χ0n) is 14.9. The molecular formula is C22H21N3O. The number of hydrogen-bond donors (Lipinski definition) is 3. The van der Waals surface area contributed by atoms with Crippen molar-refractivity contribution in [3.63, 3.8) is 0 Å². The fourth-order valence-corrected chi connectivity index (χ4v) is 3.52. The van der Waals surface area contributed by atoms with Gasteiger partial charge in [-0.3, -0.25) is 5.84 Å². The number of nitrogens with two attached hydrogens (primary N) is 1. The van der Waals surface area contributed by atoms with Gasteiger partial charge in [0.25, 0.3) is 0 Å². The number of aliphatic hydroxyl groups is 1. The van der Waals surface area contributed by atoms with Gasteiger partial charge < -0.3 is 10.5 Å². The number of fused-ring (bicyclic) bond motifs is 2. The standard InChI is InChI=1S/C22H21N3O/c1-13-7-8-19-21(16-9-15(12-26)10-17(11-16)25-23)18-5-3-4-6-20(18)24-22(19)14(13)2/h3-11,25-26H,12,23H2,1-2H3. The SMILES string of the molecule is Cc1ccc2c(-c3cc(CO)cc(NN)c3)c3ccccc3nc2c1C. The van der Waals surface area contributed by atoms with Crippen LogP contribution in [0.3, 0.4) is 0 Å². The van der Waals surface area contributed by atoms with Gasteiger partial charge in [-0.25, -0.2) is 4.98 Å². The molecule has 0 unspecified atom stereocenters. The van der Waals surface area contributed by atoms with Crippen molar-refractivity contribution in [2.45, 2.75) is 20.5 Å². The van der Waals surface area contributed by atoms with Crippen molar-refractivity contribution in [1.29, 1.82) is 0 Å². The number of rotatable bonds is 3. The van der Waals surface area contributed by atoms with Crippen LogP contribution in [0.2, 0.25) is 0 Å². The van der Waals surface area contributed by atoms with Crippen LogP contribution in [0.15, 0.2) is 54.6 Å². The number of anilines is 1. The van der Waals surface area contributed by atoms with E-state index < -0.39 is 0 Å². The lowest BCUT2D eigenvalue weighted by atomic mass is 9.92. The molecule has 0 amide bonds. The Balaban J connectivity index is 2.18. The quantitative estimate of drug-likeness (QED) is 0.292. The van der Waals surface area contributed by atoms with E-state index >= 15 is 0 Å². The van der Waals surface area contributed by atoms with E-state index in [0.29, 0.717) is 0 Å². The molecular weight excluding hydrogens is 322 g/mol. The summed E-state index contributed by atoms with van der Waals surface area (Å²) in [7, 11) is 0. The highest BCUT2D eigenvalue weighted by atomic mass is 16.3. The fraction of sp³-hybridized carbons (Fsp3) is 0.136. The molecule has 0 radical (unpaired) electrons. The Morgan fingerprint density at radius 3 is 2.58 bits per heavy atom. The highest BCUT2D eigenvalue weighted by Crippen LogP contribution is 2.37. The van der Waals surface area contributed by atoms with Gasteiger partial charge in [-0.2, -0.15) is 0 Å². The molecule has 4 rings (SSSR count). The molecule has 4 heteroatoms. The minimum atomic E-state index is -0.0401. The number of hydrogen-bond acceptors (Lipinski definition) is 4. The minimum absolute atomic E-state index is 0.0401. The molecule has 3 aromatic carbocycles. The van der Waals surface area contributed by atoms with E-state index in [1.165, 1.54) is 11.1 Å². The summed E-state index contributed by atoms with van der Waals surface area (Å²) < 4.78 is 0. The van der Waals surface area contributed by atoms with Gasteiger partial charge in [-0.1, -0.05) is 30.3 Å². The zero-order valence-corrected chi connectivity index (χ0v) is 14.9. The first-order chi connectivity index (χ1) is 12.6. The number of nitrogen functional groups attached to an aromatic ring is 1. The molecule has 1 aromatic heterocycles. The third kappa shape index (κ3) is 2.60. The van der Waals surface area contributed by atoms with Gasteiger partial charge >= 0.3 is 0 Å². The summed E-state index contributed by atoms with van der Waals surface area (Å²) in [6, 6.07) is 18.3. The van der Waals surface area contributed by atoms with E-state index in [4.69, 9.17) is 10.8 Å². The average Bonchev–Trinajstić information content (AvgIpc) is 2.69.